The summed E-state index contributed by atoms with van der Waals surface area (Å²) in [6, 6.07) is 6.62. The van der Waals surface area contributed by atoms with Crippen molar-refractivity contribution in [3.05, 3.63) is 29.8 Å². The van der Waals surface area contributed by atoms with Crippen LogP contribution in [0.2, 0.25) is 0 Å². The molecule has 1 aromatic carbocycles. The van der Waals surface area contributed by atoms with Crippen LogP contribution in [0, 0.1) is 5.92 Å². The van der Waals surface area contributed by atoms with Gasteiger partial charge in [-0.15, -0.1) is 0 Å². The average Bonchev–Trinajstić information content (AvgIpc) is 2.41. The topological polar surface area (TPSA) is 41.5 Å². The molecule has 2 atom stereocenters. The van der Waals surface area contributed by atoms with Crippen LogP contribution in [-0.2, 0) is 6.54 Å². The fourth-order valence-corrected chi connectivity index (χ4v) is 1.51. The third-order valence-corrected chi connectivity index (χ3v) is 3.10. The van der Waals surface area contributed by atoms with E-state index in [1.54, 1.807) is 12.1 Å². The molecular weight excluding hydrogens is 271 g/mol. The Labute approximate surface area is 116 Å². The van der Waals surface area contributed by atoms with Crippen molar-refractivity contribution in [1.29, 1.82) is 0 Å². The van der Waals surface area contributed by atoms with Crippen molar-refractivity contribution in [3.63, 3.8) is 0 Å². The van der Waals surface area contributed by atoms with Crippen LogP contribution in [0.1, 0.15) is 19.4 Å². The van der Waals surface area contributed by atoms with Gasteiger partial charge >= 0.3 is 6.18 Å². The highest BCUT2D eigenvalue weighted by Gasteiger charge is 2.28. The number of aliphatic hydroxyl groups excluding tert-OH is 1. The summed E-state index contributed by atoms with van der Waals surface area (Å²) in [7, 11) is 0. The Morgan fingerprint density at radius 2 is 1.80 bits per heavy atom. The van der Waals surface area contributed by atoms with Crippen LogP contribution < -0.4 is 10.1 Å². The van der Waals surface area contributed by atoms with Crippen molar-refractivity contribution >= 4 is 0 Å². The molecule has 6 heteroatoms. The number of hydrogen-bond donors (Lipinski definition) is 2. The number of hydrogen-bond acceptors (Lipinski definition) is 3. The van der Waals surface area contributed by atoms with Crippen LogP contribution >= 0.6 is 0 Å². The van der Waals surface area contributed by atoms with Gasteiger partial charge in [0.2, 0.25) is 0 Å². The molecule has 1 aromatic rings. The molecule has 1 rings (SSSR count). The van der Waals surface area contributed by atoms with Gasteiger partial charge in [-0.05, 0) is 30.5 Å². The van der Waals surface area contributed by atoms with Gasteiger partial charge < -0.3 is 15.2 Å². The molecule has 0 radical (unpaired) electrons. The van der Waals surface area contributed by atoms with Gasteiger partial charge in [0.05, 0.1) is 0 Å². The lowest BCUT2D eigenvalue weighted by Crippen LogP contribution is -2.33. The zero-order chi connectivity index (χ0) is 15.2. The Bertz CT molecular complexity index is 392. The highest BCUT2D eigenvalue weighted by Crippen LogP contribution is 2.18. The minimum atomic E-state index is -4.32. The monoisotopic (exact) mass is 291 g/mol. The number of ether oxygens (including phenoxy) is 1. The van der Waals surface area contributed by atoms with E-state index < -0.39 is 12.8 Å². The molecule has 2 unspecified atom stereocenters. The van der Waals surface area contributed by atoms with Crippen LogP contribution in [0.15, 0.2) is 24.3 Å². The molecule has 0 aliphatic carbocycles. The summed E-state index contributed by atoms with van der Waals surface area (Å²) in [5.74, 6) is 0.340. The fraction of sp³-hybridized carbons (Fsp3) is 0.571. The molecule has 0 aromatic heterocycles. The van der Waals surface area contributed by atoms with Gasteiger partial charge in [0.15, 0.2) is 6.61 Å². The minimum absolute atomic E-state index is 0.110. The van der Waals surface area contributed by atoms with E-state index in [2.05, 4.69) is 10.1 Å². The van der Waals surface area contributed by atoms with Gasteiger partial charge in [-0.25, -0.2) is 0 Å². The average molecular weight is 291 g/mol. The third kappa shape index (κ3) is 6.25. The predicted molar refractivity (Wildman–Crippen MR) is 70.5 cm³/mol. The maximum atomic E-state index is 12.0. The Morgan fingerprint density at radius 1 is 1.20 bits per heavy atom. The molecule has 0 saturated carbocycles. The third-order valence-electron chi connectivity index (χ3n) is 3.10. The lowest BCUT2D eigenvalue weighted by molar-refractivity contribution is -0.153. The van der Waals surface area contributed by atoms with Crippen LogP contribution in [0.25, 0.3) is 0 Å². The Balaban J connectivity index is 2.43. The largest absolute Gasteiger partial charge is 0.484 e. The van der Waals surface area contributed by atoms with Crippen LogP contribution in [-0.4, -0.2) is 30.5 Å². The maximum Gasteiger partial charge on any atom is 0.422 e. The fourth-order valence-electron chi connectivity index (χ4n) is 1.51. The number of alkyl halides is 3. The van der Waals surface area contributed by atoms with E-state index in [-0.39, 0.29) is 24.3 Å². The van der Waals surface area contributed by atoms with Gasteiger partial charge in [-0.2, -0.15) is 13.2 Å². The van der Waals surface area contributed by atoms with E-state index in [9.17, 15) is 13.2 Å². The second kappa shape index (κ2) is 7.50. The first kappa shape index (κ1) is 16.8. The van der Waals surface area contributed by atoms with Gasteiger partial charge in [-0.1, -0.05) is 19.1 Å². The Kier molecular flexibility index (Phi) is 6.29. The van der Waals surface area contributed by atoms with Gasteiger partial charge in [0, 0.05) is 19.2 Å². The van der Waals surface area contributed by atoms with Gasteiger partial charge in [0.1, 0.15) is 5.75 Å². The molecule has 3 nitrogen and oxygen atoms in total. The van der Waals surface area contributed by atoms with Gasteiger partial charge in [0.25, 0.3) is 0 Å². The van der Waals surface area contributed by atoms with Crippen LogP contribution in [0.3, 0.4) is 0 Å². The highest BCUT2D eigenvalue weighted by atomic mass is 19.4. The zero-order valence-corrected chi connectivity index (χ0v) is 11.6. The summed E-state index contributed by atoms with van der Waals surface area (Å²) < 4.78 is 40.6. The molecule has 2 N–H and O–H groups in total. The standard InChI is InChI=1S/C14H20F3NO2/c1-10(8-19)11(2)18-7-12-3-5-13(6-4-12)20-9-14(15,16)17/h3-6,10-11,18-19H,7-9H2,1-2H3. The predicted octanol–water partition coefficient (Wildman–Crippen LogP) is 2.73. The van der Waals surface area contributed by atoms with Crippen LogP contribution in [0.4, 0.5) is 13.2 Å². The zero-order valence-electron chi connectivity index (χ0n) is 11.6. The summed E-state index contributed by atoms with van der Waals surface area (Å²) >= 11 is 0. The number of benzene rings is 1. The van der Waals surface area contributed by atoms with E-state index in [4.69, 9.17) is 5.11 Å². The number of aliphatic hydroxyl groups is 1. The molecule has 0 spiro atoms. The molecular formula is C14H20F3NO2. The summed E-state index contributed by atoms with van der Waals surface area (Å²) in [5, 5.41) is 12.3. The number of halogens is 3. The summed E-state index contributed by atoms with van der Waals surface area (Å²) in [6.45, 7) is 3.33. The molecule has 0 amide bonds. The molecule has 0 saturated heterocycles. The molecule has 0 bridgehead atoms. The Hall–Kier alpha value is -1.27. The van der Waals surface area contributed by atoms with Crippen molar-refractivity contribution in [2.45, 2.75) is 32.6 Å². The maximum absolute atomic E-state index is 12.0. The van der Waals surface area contributed by atoms with Crippen molar-refractivity contribution in [2.24, 2.45) is 5.92 Å². The number of nitrogens with one attached hydrogen (secondary N) is 1. The second-order valence-electron chi connectivity index (χ2n) is 4.88. The van der Waals surface area contributed by atoms with Gasteiger partial charge in [-0.3, -0.25) is 0 Å². The first-order valence-corrected chi connectivity index (χ1v) is 6.44. The summed E-state index contributed by atoms with van der Waals surface area (Å²) in [4.78, 5) is 0. The molecule has 0 fully saturated rings. The summed E-state index contributed by atoms with van der Waals surface area (Å²) in [6.07, 6.45) is -4.32. The second-order valence-corrected chi connectivity index (χ2v) is 4.88. The van der Waals surface area contributed by atoms with E-state index in [1.165, 1.54) is 12.1 Å². The molecule has 0 aliphatic heterocycles. The quantitative estimate of drug-likeness (QED) is 0.811. The van der Waals surface area contributed by atoms with Crippen molar-refractivity contribution < 1.29 is 23.0 Å². The summed E-state index contributed by atoms with van der Waals surface area (Å²) in [5.41, 5.74) is 0.946. The SMILES string of the molecule is CC(CO)C(C)NCc1ccc(OCC(F)(F)F)cc1. The van der Waals surface area contributed by atoms with Crippen molar-refractivity contribution in [3.8, 4) is 5.75 Å². The first-order valence-electron chi connectivity index (χ1n) is 6.44. The minimum Gasteiger partial charge on any atom is -0.484 e. The number of rotatable bonds is 7. The molecule has 114 valence electrons. The first-order chi connectivity index (χ1) is 9.31. The lowest BCUT2D eigenvalue weighted by atomic mass is 10.0. The smallest absolute Gasteiger partial charge is 0.422 e. The van der Waals surface area contributed by atoms with E-state index >= 15 is 0 Å². The van der Waals surface area contributed by atoms with E-state index in [0.717, 1.165) is 5.56 Å². The molecule has 20 heavy (non-hydrogen) atoms. The van der Waals surface area contributed by atoms with Crippen molar-refractivity contribution in [1.82, 2.24) is 5.32 Å². The van der Waals surface area contributed by atoms with Crippen LogP contribution in [0.5, 0.6) is 5.75 Å². The highest BCUT2D eigenvalue weighted by molar-refractivity contribution is 5.27. The van der Waals surface area contributed by atoms with E-state index in [1.807, 2.05) is 13.8 Å². The lowest BCUT2D eigenvalue weighted by Gasteiger charge is -2.19. The normalized spacial score (nSPS) is 14.9. The van der Waals surface area contributed by atoms with E-state index in [0.29, 0.717) is 6.54 Å². The Morgan fingerprint density at radius 3 is 2.30 bits per heavy atom. The molecule has 0 heterocycles. The van der Waals surface area contributed by atoms with Crippen molar-refractivity contribution in [2.75, 3.05) is 13.2 Å². The molecule has 0 aliphatic rings.